The van der Waals surface area contributed by atoms with Crippen molar-refractivity contribution in [3.8, 4) is 0 Å². The fraction of sp³-hybridized carbons (Fsp3) is 0.700. The summed E-state index contributed by atoms with van der Waals surface area (Å²) in [6, 6.07) is 0. The SMILES string of the molecule is C[N+]1(C)CCC2=C(C1)C(=O)CC2.[I-]. The maximum absolute atomic E-state index is 11.4. The molecule has 0 aromatic rings. The Hall–Kier alpha value is 0.1000. The lowest BCUT2D eigenvalue weighted by Gasteiger charge is -2.33. The number of halogens is 1. The lowest BCUT2D eigenvalue weighted by molar-refractivity contribution is -0.886. The third-order valence-corrected chi connectivity index (χ3v) is 3.02. The van der Waals surface area contributed by atoms with E-state index in [0.29, 0.717) is 5.78 Å². The van der Waals surface area contributed by atoms with Crippen molar-refractivity contribution in [1.29, 1.82) is 0 Å². The van der Waals surface area contributed by atoms with E-state index in [4.69, 9.17) is 0 Å². The van der Waals surface area contributed by atoms with Crippen LogP contribution in [0.5, 0.6) is 0 Å². The zero-order chi connectivity index (χ0) is 8.77. The number of rotatable bonds is 0. The van der Waals surface area contributed by atoms with Crippen molar-refractivity contribution in [3.63, 3.8) is 0 Å². The van der Waals surface area contributed by atoms with E-state index in [1.165, 1.54) is 12.1 Å². The number of nitrogens with zero attached hydrogens (tertiary/aromatic N) is 1. The topological polar surface area (TPSA) is 17.1 Å². The number of hydrogen-bond donors (Lipinski definition) is 0. The second-order valence-corrected chi connectivity index (χ2v) is 4.57. The van der Waals surface area contributed by atoms with E-state index in [9.17, 15) is 4.79 Å². The molecule has 1 aliphatic carbocycles. The van der Waals surface area contributed by atoms with Crippen LogP contribution in [0, 0.1) is 0 Å². The molecule has 0 aromatic carbocycles. The van der Waals surface area contributed by atoms with Crippen LogP contribution in [0.15, 0.2) is 11.1 Å². The molecule has 3 heteroatoms. The van der Waals surface area contributed by atoms with Crippen LogP contribution in [0.2, 0.25) is 0 Å². The van der Waals surface area contributed by atoms with Crippen LogP contribution in [0.1, 0.15) is 19.3 Å². The highest BCUT2D eigenvalue weighted by Crippen LogP contribution is 2.31. The Bertz CT molecular complexity index is 268. The molecule has 74 valence electrons. The minimum absolute atomic E-state index is 0. The second kappa shape index (κ2) is 3.69. The first kappa shape index (κ1) is 11.2. The number of likely N-dealkylation sites (N-methyl/N-ethyl adjacent to an activating group) is 1. The van der Waals surface area contributed by atoms with Gasteiger partial charge in [-0.3, -0.25) is 4.79 Å². The minimum atomic E-state index is 0. The molecule has 0 bridgehead atoms. The molecule has 0 saturated heterocycles. The van der Waals surface area contributed by atoms with Crippen LogP contribution in [0.4, 0.5) is 0 Å². The quantitative estimate of drug-likeness (QED) is 0.378. The summed E-state index contributed by atoms with van der Waals surface area (Å²) in [5, 5.41) is 0. The highest BCUT2D eigenvalue weighted by Gasteiger charge is 2.33. The van der Waals surface area contributed by atoms with Crippen LogP contribution in [0.3, 0.4) is 0 Å². The van der Waals surface area contributed by atoms with Gasteiger partial charge in [0.2, 0.25) is 0 Å². The molecule has 13 heavy (non-hydrogen) atoms. The average molecular weight is 293 g/mol. The number of ketones is 1. The van der Waals surface area contributed by atoms with E-state index >= 15 is 0 Å². The maximum Gasteiger partial charge on any atom is 0.164 e. The molecule has 1 aliphatic heterocycles. The predicted molar refractivity (Wildman–Crippen MR) is 47.7 cm³/mol. The molecule has 0 N–H and O–H groups in total. The lowest BCUT2D eigenvalue weighted by Crippen LogP contribution is -3.00. The molecule has 0 saturated carbocycles. The van der Waals surface area contributed by atoms with E-state index in [0.717, 1.165) is 35.9 Å². The number of Topliss-reactive ketones (excluding diaryl/α,β-unsaturated/α-hetero) is 1. The average Bonchev–Trinajstić information content (AvgIpc) is 2.31. The van der Waals surface area contributed by atoms with Crippen molar-refractivity contribution in [1.82, 2.24) is 0 Å². The summed E-state index contributed by atoms with van der Waals surface area (Å²) < 4.78 is 0.991. The van der Waals surface area contributed by atoms with Gasteiger partial charge in [0.25, 0.3) is 0 Å². The largest absolute Gasteiger partial charge is 1.00 e. The number of carbonyl (C=O) groups excluding carboxylic acids is 1. The highest BCUT2D eigenvalue weighted by atomic mass is 127. The Balaban J connectivity index is 0.000000845. The molecule has 0 spiro atoms. The van der Waals surface area contributed by atoms with Gasteiger partial charge in [-0.25, -0.2) is 0 Å². The minimum Gasteiger partial charge on any atom is -1.00 e. The van der Waals surface area contributed by atoms with E-state index < -0.39 is 0 Å². The van der Waals surface area contributed by atoms with Gasteiger partial charge < -0.3 is 28.5 Å². The Morgan fingerprint density at radius 3 is 2.54 bits per heavy atom. The Kier molecular flexibility index (Phi) is 3.17. The van der Waals surface area contributed by atoms with E-state index in [2.05, 4.69) is 14.1 Å². The van der Waals surface area contributed by atoms with Gasteiger partial charge in [-0.1, -0.05) is 5.57 Å². The predicted octanol–water partition coefficient (Wildman–Crippen LogP) is -1.87. The number of quaternary nitrogens is 1. The van der Waals surface area contributed by atoms with Crippen LogP contribution in [0.25, 0.3) is 0 Å². The molecular weight excluding hydrogens is 277 g/mol. The third kappa shape index (κ3) is 2.13. The van der Waals surface area contributed by atoms with Crippen LogP contribution >= 0.6 is 0 Å². The number of hydrogen-bond acceptors (Lipinski definition) is 1. The number of carbonyl (C=O) groups is 1. The van der Waals surface area contributed by atoms with Gasteiger partial charge in [0.15, 0.2) is 5.78 Å². The van der Waals surface area contributed by atoms with Crippen molar-refractivity contribution in [2.75, 3.05) is 27.2 Å². The summed E-state index contributed by atoms with van der Waals surface area (Å²) >= 11 is 0. The van der Waals surface area contributed by atoms with Gasteiger partial charge in [-0.2, -0.15) is 0 Å². The van der Waals surface area contributed by atoms with E-state index in [1.807, 2.05) is 0 Å². The first-order valence-electron chi connectivity index (χ1n) is 4.65. The monoisotopic (exact) mass is 293 g/mol. The first-order valence-corrected chi connectivity index (χ1v) is 4.65. The molecule has 0 amide bonds. The smallest absolute Gasteiger partial charge is 0.164 e. The first-order chi connectivity index (χ1) is 5.58. The summed E-state index contributed by atoms with van der Waals surface area (Å²) in [6.45, 7) is 2.17. The highest BCUT2D eigenvalue weighted by molar-refractivity contribution is 5.99. The lowest BCUT2D eigenvalue weighted by atomic mass is 10.0. The van der Waals surface area contributed by atoms with Crippen LogP contribution < -0.4 is 24.0 Å². The molecule has 0 fully saturated rings. The fourth-order valence-corrected chi connectivity index (χ4v) is 2.18. The Labute approximate surface area is 96.6 Å². The van der Waals surface area contributed by atoms with Crippen molar-refractivity contribution >= 4 is 5.78 Å². The molecule has 2 rings (SSSR count). The zero-order valence-corrected chi connectivity index (χ0v) is 10.4. The Morgan fingerprint density at radius 2 is 1.85 bits per heavy atom. The van der Waals surface area contributed by atoms with Gasteiger partial charge in [0.1, 0.15) is 6.54 Å². The summed E-state index contributed by atoms with van der Waals surface area (Å²) in [5.74, 6) is 0.413. The van der Waals surface area contributed by atoms with Gasteiger partial charge in [0, 0.05) is 18.4 Å². The van der Waals surface area contributed by atoms with E-state index in [1.54, 1.807) is 0 Å². The molecule has 0 unspecified atom stereocenters. The summed E-state index contributed by atoms with van der Waals surface area (Å²) in [6.07, 6.45) is 2.98. The van der Waals surface area contributed by atoms with Crippen LogP contribution in [-0.2, 0) is 4.79 Å². The molecule has 0 aromatic heterocycles. The van der Waals surface area contributed by atoms with Gasteiger partial charge in [0.05, 0.1) is 20.6 Å². The van der Waals surface area contributed by atoms with E-state index in [-0.39, 0.29) is 24.0 Å². The second-order valence-electron chi connectivity index (χ2n) is 4.57. The summed E-state index contributed by atoms with van der Waals surface area (Å²) in [7, 11) is 4.41. The zero-order valence-electron chi connectivity index (χ0n) is 8.27. The summed E-state index contributed by atoms with van der Waals surface area (Å²) in [5.41, 5.74) is 2.61. The molecule has 1 heterocycles. The summed E-state index contributed by atoms with van der Waals surface area (Å²) in [4.78, 5) is 11.4. The molecule has 0 atom stereocenters. The fourth-order valence-electron chi connectivity index (χ4n) is 2.18. The molecule has 0 radical (unpaired) electrons. The Morgan fingerprint density at radius 1 is 1.15 bits per heavy atom. The molecule has 2 aliphatic rings. The van der Waals surface area contributed by atoms with Gasteiger partial charge in [-0.15, -0.1) is 0 Å². The van der Waals surface area contributed by atoms with Gasteiger partial charge >= 0.3 is 0 Å². The van der Waals surface area contributed by atoms with Crippen molar-refractivity contribution in [2.24, 2.45) is 0 Å². The molecular formula is C10H16INO. The van der Waals surface area contributed by atoms with Crippen molar-refractivity contribution in [3.05, 3.63) is 11.1 Å². The maximum atomic E-state index is 11.4. The standard InChI is InChI=1S/C10H16NO.HI/c1-11(2)6-5-8-3-4-10(12)9(8)7-11;/h3-7H2,1-2H3;1H/q+1;/p-1. The third-order valence-electron chi connectivity index (χ3n) is 3.02. The normalized spacial score (nSPS) is 25.5. The van der Waals surface area contributed by atoms with Gasteiger partial charge in [-0.05, 0) is 6.42 Å². The van der Waals surface area contributed by atoms with Crippen molar-refractivity contribution in [2.45, 2.75) is 19.3 Å². The van der Waals surface area contributed by atoms with Crippen molar-refractivity contribution < 1.29 is 33.3 Å². The molecule has 2 nitrogen and oxygen atoms in total. The van der Waals surface area contributed by atoms with Crippen LogP contribution in [-0.4, -0.2) is 37.5 Å².